The minimum Gasteiger partial charge on any atom is -0.507 e. The zero-order chi connectivity index (χ0) is 14.9. The molecule has 0 saturated heterocycles. The van der Waals surface area contributed by atoms with E-state index < -0.39 is 5.91 Å². The molecule has 0 aromatic heterocycles. The van der Waals surface area contributed by atoms with E-state index in [1.54, 1.807) is 12.1 Å². The minimum absolute atomic E-state index is 0.0875. The summed E-state index contributed by atoms with van der Waals surface area (Å²) >= 11 is 20.9. The molecular formula is C13H7BrCl3NO2. The standard InChI is InChI=1S/C13H7BrCl3NO2/c14-8-3-4-9(12(17)11(8)16)18-13(20)7-2-1-6(15)5-10(7)19/h1-5,19H,(H,18,20). The normalized spacial score (nSPS) is 10.4. The lowest BCUT2D eigenvalue weighted by Crippen LogP contribution is -2.12. The molecule has 20 heavy (non-hydrogen) atoms. The molecule has 0 aliphatic carbocycles. The summed E-state index contributed by atoms with van der Waals surface area (Å²) in [5.41, 5.74) is 0.434. The maximum absolute atomic E-state index is 12.1. The molecule has 1 amide bonds. The second-order valence-corrected chi connectivity index (χ2v) is 5.89. The molecule has 3 nitrogen and oxygen atoms in total. The first-order valence-electron chi connectivity index (χ1n) is 5.33. The Morgan fingerprint density at radius 3 is 2.45 bits per heavy atom. The van der Waals surface area contributed by atoms with Gasteiger partial charge in [-0.1, -0.05) is 34.8 Å². The minimum atomic E-state index is -0.514. The Hall–Kier alpha value is -0.940. The topological polar surface area (TPSA) is 49.3 Å². The average Bonchev–Trinajstić information content (AvgIpc) is 2.39. The van der Waals surface area contributed by atoms with E-state index >= 15 is 0 Å². The first-order valence-corrected chi connectivity index (χ1v) is 7.26. The van der Waals surface area contributed by atoms with Gasteiger partial charge in [-0.15, -0.1) is 0 Å². The van der Waals surface area contributed by atoms with Crippen LogP contribution in [0.5, 0.6) is 5.75 Å². The summed E-state index contributed by atoms with van der Waals surface area (Å²) in [6.07, 6.45) is 0. The van der Waals surface area contributed by atoms with E-state index in [4.69, 9.17) is 34.8 Å². The highest BCUT2D eigenvalue weighted by molar-refractivity contribution is 9.10. The fourth-order valence-electron chi connectivity index (χ4n) is 1.51. The molecule has 2 N–H and O–H groups in total. The average molecular weight is 395 g/mol. The van der Waals surface area contributed by atoms with Gasteiger partial charge in [-0.25, -0.2) is 0 Å². The number of phenols is 1. The molecule has 2 aromatic carbocycles. The monoisotopic (exact) mass is 393 g/mol. The van der Waals surface area contributed by atoms with E-state index in [9.17, 15) is 9.90 Å². The van der Waals surface area contributed by atoms with Gasteiger partial charge in [0.25, 0.3) is 5.91 Å². The molecule has 104 valence electrons. The quantitative estimate of drug-likeness (QED) is 0.672. The SMILES string of the molecule is O=C(Nc1ccc(Br)c(Cl)c1Cl)c1ccc(Cl)cc1O. The first-order chi connectivity index (χ1) is 9.40. The lowest BCUT2D eigenvalue weighted by Gasteiger charge is -2.10. The number of amides is 1. The first kappa shape index (κ1) is 15.4. The number of benzene rings is 2. The van der Waals surface area contributed by atoms with Crippen LogP contribution in [0.4, 0.5) is 5.69 Å². The number of rotatable bonds is 2. The Balaban J connectivity index is 2.30. The van der Waals surface area contributed by atoms with Gasteiger partial charge in [-0.3, -0.25) is 4.79 Å². The summed E-state index contributed by atoms with van der Waals surface area (Å²) < 4.78 is 0.622. The highest BCUT2D eigenvalue weighted by Crippen LogP contribution is 2.36. The van der Waals surface area contributed by atoms with Crippen LogP contribution in [0.3, 0.4) is 0 Å². The Kier molecular flexibility index (Phi) is 4.81. The van der Waals surface area contributed by atoms with Crippen molar-refractivity contribution in [3.05, 3.63) is 55.4 Å². The number of carbonyl (C=O) groups is 1. The van der Waals surface area contributed by atoms with Crippen LogP contribution in [0.1, 0.15) is 10.4 Å². The highest BCUT2D eigenvalue weighted by atomic mass is 79.9. The van der Waals surface area contributed by atoms with Crippen LogP contribution in [0.15, 0.2) is 34.8 Å². The summed E-state index contributed by atoms with van der Waals surface area (Å²) in [7, 11) is 0. The van der Waals surface area contributed by atoms with Crippen molar-refractivity contribution in [2.75, 3.05) is 5.32 Å². The van der Waals surface area contributed by atoms with Gasteiger partial charge < -0.3 is 10.4 Å². The number of nitrogens with one attached hydrogen (secondary N) is 1. The van der Waals surface area contributed by atoms with Crippen molar-refractivity contribution in [1.29, 1.82) is 0 Å². The van der Waals surface area contributed by atoms with Gasteiger partial charge >= 0.3 is 0 Å². The van der Waals surface area contributed by atoms with Gasteiger partial charge in [0.05, 0.1) is 21.3 Å². The van der Waals surface area contributed by atoms with Crippen LogP contribution in [-0.4, -0.2) is 11.0 Å². The number of carbonyl (C=O) groups excluding carboxylic acids is 1. The predicted molar refractivity (Wildman–Crippen MR) is 85.2 cm³/mol. The van der Waals surface area contributed by atoms with Crippen LogP contribution in [0.2, 0.25) is 15.1 Å². The van der Waals surface area contributed by atoms with Crippen molar-refractivity contribution in [3.8, 4) is 5.75 Å². The molecule has 0 heterocycles. The maximum Gasteiger partial charge on any atom is 0.259 e. The molecule has 0 saturated carbocycles. The second kappa shape index (κ2) is 6.22. The Labute approximate surface area is 138 Å². The van der Waals surface area contributed by atoms with Gasteiger partial charge in [-0.05, 0) is 46.3 Å². The lowest BCUT2D eigenvalue weighted by atomic mass is 10.2. The van der Waals surface area contributed by atoms with Crippen molar-refractivity contribution >= 4 is 62.3 Å². The van der Waals surface area contributed by atoms with Crippen molar-refractivity contribution in [2.45, 2.75) is 0 Å². The van der Waals surface area contributed by atoms with E-state index in [0.717, 1.165) is 0 Å². The largest absolute Gasteiger partial charge is 0.507 e. The van der Waals surface area contributed by atoms with Gasteiger partial charge in [-0.2, -0.15) is 0 Å². The number of halogens is 4. The van der Waals surface area contributed by atoms with Crippen LogP contribution in [0.25, 0.3) is 0 Å². The van der Waals surface area contributed by atoms with Gasteiger partial charge in [0.2, 0.25) is 0 Å². The molecule has 0 unspecified atom stereocenters. The molecule has 0 aliphatic heterocycles. The van der Waals surface area contributed by atoms with Crippen LogP contribution in [-0.2, 0) is 0 Å². The van der Waals surface area contributed by atoms with E-state index in [-0.39, 0.29) is 16.3 Å². The molecule has 2 aromatic rings. The fourth-order valence-corrected chi connectivity index (χ4v) is 2.50. The molecule has 0 aliphatic rings. The Morgan fingerprint density at radius 2 is 1.80 bits per heavy atom. The highest BCUT2D eigenvalue weighted by Gasteiger charge is 2.15. The maximum atomic E-state index is 12.1. The Morgan fingerprint density at radius 1 is 1.10 bits per heavy atom. The zero-order valence-corrected chi connectivity index (χ0v) is 13.6. The third-order valence-corrected chi connectivity index (χ3v) is 4.49. The van der Waals surface area contributed by atoms with E-state index in [1.165, 1.54) is 18.2 Å². The summed E-state index contributed by atoms with van der Waals surface area (Å²) in [5, 5.41) is 13.1. The number of phenolic OH excluding ortho intramolecular Hbond substituents is 1. The molecule has 0 spiro atoms. The van der Waals surface area contributed by atoms with E-state index in [1.807, 2.05) is 0 Å². The molecule has 0 atom stereocenters. The number of hydrogen-bond acceptors (Lipinski definition) is 2. The lowest BCUT2D eigenvalue weighted by molar-refractivity contribution is 0.102. The molecule has 0 bridgehead atoms. The number of aromatic hydroxyl groups is 1. The van der Waals surface area contributed by atoms with E-state index in [2.05, 4.69) is 21.2 Å². The van der Waals surface area contributed by atoms with E-state index in [0.29, 0.717) is 20.2 Å². The van der Waals surface area contributed by atoms with Crippen molar-refractivity contribution in [1.82, 2.24) is 0 Å². The fraction of sp³-hybridized carbons (Fsp3) is 0. The second-order valence-electron chi connectivity index (χ2n) is 3.84. The summed E-state index contributed by atoms with van der Waals surface area (Å²) in [6, 6.07) is 7.47. The molecular weight excluding hydrogens is 388 g/mol. The van der Waals surface area contributed by atoms with Crippen molar-refractivity contribution in [3.63, 3.8) is 0 Å². The summed E-state index contributed by atoms with van der Waals surface area (Å²) in [5.74, 6) is -0.728. The van der Waals surface area contributed by atoms with Crippen LogP contribution in [0, 0.1) is 0 Å². The third-order valence-electron chi connectivity index (χ3n) is 2.49. The van der Waals surface area contributed by atoms with Crippen LogP contribution < -0.4 is 5.32 Å². The summed E-state index contributed by atoms with van der Waals surface area (Å²) in [4.78, 5) is 12.1. The smallest absolute Gasteiger partial charge is 0.259 e. The molecule has 2 rings (SSSR count). The third kappa shape index (κ3) is 3.20. The van der Waals surface area contributed by atoms with Crippen LogP contribution >= 0.6 is 50.7 Å². The molecule has 0 fully saturated rings. The zero-order valence-electron chi connectivity index (χ0n) is 9.75. The predicted octanol–water partition coefficient (Wildman–Crippen LogP) is 5.37. The van der Waals surface area contributed by atoms with Gasteiger partial charge in [0, 0.05) is 9.50 Å². The van der Waals surface area contributed by atoms with Crippen molar-refractivity contribution in [2.24, 2.45) is 0 Å². The van der Waals surface area contributed by atoms with Gasteiger partial charge in [0.1, 0.15) is 5.75 Å². The van der Waals surface area contributed by atoms with Crippen molar-refractivity contribution < 1.29 is 9.90 Å². The number of hydrogen-bond donors (Lipinski definition) is 2. The van der Waals surface area contributed by atoms with Gasteiger partial charge in [0.15, 0.2) is 0 Å². The Bertz CT molecular complexity index is 692. The molecule has 7 heteroatoms. The number of anilines is 1. The molecule has 0 radical (unpaired) electrons. The summed E-state index contributed by atoms with van der Waals surface area (Å²) in [6.45, 7) is 0.